The minimum Gasteiger partial charge on any atom is -0.499 e. The van der Waals surface area contributed by atoms with Gasteiger partial charge in [-0.05, 0) is 49.4 Å². The zero-order valence-electron chi connectivity index (χ0n) is 9.94. The van der Waals surface area contributed by atoms with Gasteiger partial charge in [-0.2, -0.15) is 0 Å². The number of ether oxygens (including phenoxy) is 2. The first-order valence-electron chi connectivity index (χ1n) is 6.74. The van der Waals surface area contributed by atoms with E-state index in [0.29, 0.717) is 12.7 Å². The lowest BCUT2D eigenvalue weighted by Gasteiger charge is -2.31. The number of rotatable bonds is 5. The number of hydrogen-bond acceptors (Lipinski definition) is 2. The van der Waals surface area contributed by atoms with E-state index in [0.717, 1.165) is 30.3 Å². The third-order valence-corrected chi connectivity index (χ3v) is 5.02. The summed E-state index contributed by atoms with van der Waals surface area (Å²) >= 11 is 0. The van der Waals surface area contributed by atoms with Crippen LogP contribution in [0.5, 0.6) is 0 Å². The summed E-state index contributed by atoms with van der Waals surface area (Å²) < 4.78 is 11.1. The summed E-state index contributed by atoms with van der Waals surface area (Å²) in [5.74, 6) is 3.93. The quantitative estimate of drug-likeness (QED) is 0.526. The van der Waals surface area contributed by atoms with Gasteiger partial charge in [0.05, 0.1) is 19.0 Å². The van der Waals surface area contributed by atoms with Crippen LogP contribution in [0, 0.1) is 23.7 Å². The van der Waals surface area contributed by atoms with Gasteiger partial charge >= 0.3 is 0 Å². The number of hydrogen-bond donors (Lipinski definition) is 0. The largest absolute Gasteiger partial charge is 0.499 e. The van der Waals surface area contributed by atoms with Gasteiger partial charge in [-0.3, -0.25) is 0 Å². The van der Waals surface area contributed by atoms with E-state index < -0.39 is 0 Å². The standard InChI is InChI=1S/C14H22O2/c1-2-15-6-7-16-14-9-10-8-13(14)12-5-3-4-11(10)12/h2,10-14H,1,3-9H2. The van der Waals surface area contributed by atoms with Gasteiger partial charge in [0, 0.05) is 0 Å². The minimum absolute atomic E-state index is 0.540. The van der Waals surface area contributed by atoms with Crippen LogP contribution in [0.4, 0.5) is 0 Å². The molecule has 0 heterocycles. The molecule has 0 aromatic heterocycles. The first kappa shape index (κ1) is 10.6. The van der Waals surface area contributed by atoms with Gasteiger partial charge in [0.1, 0.15) is 6.61 Å². The van der Waals surface area contributed by atoms with Crippen molar-refractivity contribution in [1.29, 1.82) is 0 Å². The molecule has 0 amide bonds. The highest BCUT2D eigenvalue weighted by atomic mass is 16.5. The molecule has 3 aliphatic rings. The maximum absolute atomic E-state index is 5.97. The average molecular weight is 222 g/mol. The van der Waals surface area contributed by atoms with Gasteiger partial charge in [0.15, 0.2) is 0 Å². The topological polar surface area (TPSA) is 18.5 Å². The highest BCUT2D eigenvalue weighted by molar-refractivity contribution is 5.03. The van der Waals surface area contributed by atoms with Gasteiger partial charge < -0.3 is 9.47 Å². The van der Waals surface area contributed by atoms with Gasteiger partial charge in [0.25, 0.3) is 0 Å². The van der Waals surface area contributed by atoms with Crippen molar-refractivity contribution in [2.24, 2.45) is 23.7 Å². The molecule has 2 nitrogen and oxygen atoms in total. The monoisotopic (exact) mass is 222 g/mol. The van der Waals surface area contributed by atoms with Crippen LogP contribution in [-0.2, 0) is 9.47 Å². The average Bonchev–Trinajstić information content (AvgIpc) is 2.95. The summed E-state index contributed by atoms with van der Waals surface area (Å²) in [4.78, 5) is 0. The van der Waals surface area contributed by atoms with Crippen LogP contribution >= 0.6 is 0 Å². The molecule has 90 valence electrons. The molecule has 0 N–H and O–H groups in total. The smallest absolute Gasteiger partial charge is 0.111 e. The maximum Gasteiger partial charge on any atom is 0.111 e. The van der Waals surface area contributed by atoms with Crippen LogP contribution in [0.1, 0.15) is 32.1 Å². The fourth-order valence-corrected chi connectivity index (χ4v) is 4.53. The van der Waals surface area contributed by atoms with Crippen molar-refractivity contribution in [1.82, 2.24) is 0 Å². The Morgan fingerprint density at radius 3 is 2.81 bits per heavy atom. The molecule has 16 heavy (non-hydrogen) atoms. The van der Waals surface area contributed by atoms with Crippen LogP contribution in [0.25, 0.3) is 0 Å². The second-order valence-corrected chi connectivity index (χ2v) is 5.60. The molecule has 5 unspecified atom stereocenters. The molecule has 0 saturated heterocycles. The molecule has 3 aliphatic carbocycles. The Balaban J connectivity index is 1.50. The molecule has 3 rings (SSSR count). The second-order valence-electron chi connectivity index (χ2n) is 5.60. The zero-order chi connectivity index (χ0) is 11.0. The van der Waals surface area contributed by atoms with Crippen LogP contribution < -0.4 is 0 Å². The van der Waals surface area contributed by atoms with Crippen molar-refractivity contribution in [3.63, 3.8) is 0 Å². The third kappa shape index (κ3) is 1.67. The summed E-state index contributed by atoms with van der Waals surface area (Å²) in [7, 11) is 0. The second kappa shape index (κ2) is 4.40. The third-order valence-electron chi connectivity index (χ3n) is 5.02. The van der Waals surface area contributed by atoms with E-state index in [2.05, 4.69) is 6.58 Å². The Bertz CT molecular complexity index is 263. The molecule has 0 aromatic carbocycles. The minimum atomic E-state index is 0.540. The fraction of sp³-hybridized carbons (Fsp3) is 0.857. The number of fused-ring (bicyclic) bond motifs is 5. The van der Waals surface area contributed by atoms with Crippen LogP contribution in [-0.4, -0.2) is 19.3 Å². The predicted molar refractivity (Wildman–Crippen MR) is 62.9 cm³/mol. The van der Waals surface area contributed by atoms with Gasteiger partial charge in [0.2, 0.25) is 0 Å². The van der Waals surface area contributed by atoms with Crippen molar-refractivity contribution >= 4 is 0 Å². The van der Waals surface area contributed by atoms with Crippen molar-refractivity contribution in [3.8, 4) is 0 Å². The molecule has 2 heteroatoms. The molecular formula is C14H22O2. The van der Waals surface area contributed by atoms with Crippen LogP contribution in [0.3, 0.4) is 0 Å². The summed E-state index contributed by atoms with van der Waals surface area (Å²) in [5.41, 5.74) is 0. The van der Waals surface area contributed by atoms with Gasteiger partial charge in [-0.1, -0.05) is 13.0 Å². The van der Waals surface area contributed by atoms with Crippen molar-refractivity contribution in [2.75, 3.05) is 13.2 Å². The van der Waals surface area contributed by atoms with E-state index in [1.807, 2.05) is 0 Å². The van der Waals surface area contributed by atoms with Crippen molar-refractivity contribution in [2.45, 2.75) is 38.2 Å². The Kier molecular flexibility index (Phi) is 2.93. The van der Waals surface area contributed by atoms with Crippen LogP contribution in [0.15, 0.2) is 12.8 Å². The van der Waals surface area contributed by atoms with Gasteiger partial charge in [-0.25, -0.2) is 0 Å². The van der Waals surface area contributed by atoms with Crippen molar-refractivity contribution < 1.29 is 9.47 Å². The molecule has 0 aromatic rings. The highest BCUT2D eigenvalue weighted by Gasteiger charge is 2.54. The first-order valence-corrected chi connectivity index (χ1v) is 6.74. The molecule has 2 bridgehead atoms. The van der Waals surface area contributed by atoms with Crippen molar-refractivity contribution in [3.05, 3.63) is 12.8 Å². The maximum atomic E-state index is 5.97. The summed E-state index contributed by atoms with van der Waals surface area (Å²) in [6.07, 6.45) is 9.24. The lowest BCUT2D eigenvalue weighted by Crippen LogP contribution is -2.31. The first-order chi connectivity index (χ1) is 7.90. The predicted octanol–water partition coefficient (Wildman–Crippen LogP) is 2.99. The van der Waals surface area contributed by atoms with E-state index in [4.69, 9.17) is 9.47 Å². The SMILES string of the molecule is C=COCCOC1CC2CC1C1CCCC21. The molecule has 0 aliphatic heterocycles. The zero-order valence-corrected chi connectivity index (χ0v) is 9.94. The van der Waals surface area contributed by atoms with E-state index >= 15 is 0 Å². The molecule has 0 radical (unpaired) electrons. The normalized spacial score (nSPS) is 44.6. The molecular weight excluding hydrogens is 200 g/mol. The van der Waals surface area contributed by atoms with Gasteiger partial charge in [-0.15, -0.1) is 0 Å². The fourth-order valence-electron chi connectivity index (χ4n) is 4.53. The van der Waals surface area contributed by atoms with E-state index in [9.17, 15) is 0 Å². The molecule has 3 saturated carbocycles. The Morgan fingerprint density at radius 1 is 1.06 bits per heavy atom. The summed E-state index contributed by atoms with van der Waals surface area (Å²) in [5, 5.41) is 0. The Labute approximate surface area is 98.0 Å². The molecule has 3 fully saturated rings. The van der Waals surface area contributed by atoms with E-state index in [-0.39, 0.29) is 0 Å². The van der Waals surface area contributed by atoms with E-state index in [1.165, 1.54) is 38.4 Å². The Hall–Kier alpha value is -0.500. The summed E-state index contributed by atoms with van der Waals surface area (Å²) in [6.45, 7) is 4.93. The molecule has 0 spiro atoms. The molecule has 5 atom stereocenters. The lowest BCUT2D eigenvalue weighted by atomic mass is 9.80. The highest BCUT2D eigenvalue weighted by Crippen LogP contribution is 2.59. The lowest BCUT2D eigenvalue weighted by molar-refractivity contribution is -0.0255. The summed E-state index contributed by atoms with van der Waals surface area (Å²) in [6, 6.07) is 0. The van der Waals surface area contributed by atoms with E-state index in [1.54, 1.807) is 0 Å². The van der Waals surface area contributed by atoms with Crippen LogP contribution in [0.2, 0.25) is 0 Å². The Morgan fingerprint density at radius 2 is 1.94 bits per heavy atom.